The maximum absolute atomic E-state index is 13.2. The summed E-state index contributed by atoms with van der Waals surface area (Å²) in [4.78, 5) is 24.2. The smallest absolute Gasteiger partial charge is 0.335 e. The van der Waals surface area contributed by atoms with Gasteiger partial charge in [0.1, 0.15) is 5.75 Å². The molecule has 0 spiro atoms. The van der Waals surface area contributed by atoms with Crippen LogP contribution in [-0.2, 0) is 14.9 Å². The molecule has 190 valence electrons. The Morgan fingerprint density at radius 3 is 2.19 bits per heavy atom. The van der Waals surface area contributed by atoms with Gasteiger partial charge in [0.05, 0.1) is 18.8 Å². The summed E-state index contributed by atoms with van der Waals surface area (Å²) in [5.74, 6) is 2.09. The van der Waals surface area contributed by atoms with Crippen molar-refractivity contribution < 1.29 is 28.9 Å². The van der Waals surface area contributed by atoms with Crippen molar-refractivity contribution in [2.45, 2.75) is 43.9 Å². The Labute approximate surface area is 212 Å². The van der Waals surface area contributed by atoms with E-state index in [0.29, 0.717) is 18.8 Å². The Morgan fingerprint density at radius 1 is 0.944 bits per heavy atom. The quantitative estimate of drug-likeness (QED) is 0.187. The number of methoxy groups -OCH3 is 1. The lowest BCUT2D eigenvalue weighted by Crippen LogP contribution is -2.48. The first-order valence-corrected chi connectivity index (χ1v) is 12.9. The van der Waals surface area contributed by atoms with E-state index in [1.54, 1.807) is 43.5 Å². The molecular weight excluding hydrogens is 456 g/mol. The SMILES string of the molecule is COCCOCOc1ccc(C(=O)/C=C/c2ccc(C(=O)O)cc2)cc1C12CC3CC(CC(C3)C1)C2. The van der Waals surface area contributed by atoms with Gasteiger partial charge in [0, 0.05) is 18.2 Å². The summed E-state index contributed by atoms with van der Waals surface area (Å²) < 4.78 is 16.7. The lowest BCUT2D eigenvalue weighted by molar-refractivity contribution is -0.0189. The third-order valence-corrected chi connectivity index (χ3v) is 8.19. The van der Waals surface area contributed by atoms with Crippen molar-refractivity contribution >= 4 is 17.8 Å². The van der Waals surface area contributed by atoms with E-state index in [2.05, 4.69) is 6.07 Å². The predicted octanol–water partition coefficient (Wildman–Crippen LogP) is 5.75. The molecule has 4 saturated carbocycles. The van der Waals surface area contributed by atoms with Crippen LogP contribution in [0.4, 0.5) is 0 Å². The maximum atomic E-state index is 13.2. The molecule has 6 heteroatoms. The molecule has 4 bridgehead atoms. The second kappa shape index (κ2) is 10.6. The summed E-state index contributed by atoms with van der Waals surface area (Å²) in [5.41, 5.74) is 2.88. The van der Waals surface area contributed by atoms with Crippen LogP contribution in [0.2, 0.25) is 0 Å². The van der Waals surface area contributed by atoms with Crippen LogP contribution < -0.4 is 4.74 Å². The number of carboxylic acids is 1. The van der Waals surface area contributed by atoms with E-state index in [9.17, 15) is 9.59 Å². The fourth-order valence-electron chi connectivity index (χ4n) is 6.98. The molecule has 0 amide bonds. The monoisotopic (exact) mass is 490 g/mol. The average molecular weight is 491 g/mol. The van der Waals surface area contributed by atoms with Crippen molar-refractivity contribution in [2.24, 2.45) is 17.8 Å². The lowest BCUT2D eigenvalue weighted by atomic mass is 9.48. The molecule has 0 aromatic heterocycles. The molecule has 36 heavy (non-hydrogen) atoms. The molecule has 6 nitrogen and oxygen atoms in total. The molecule has 0 heterocycles. The number of ether oxygens (including phenoxy) is 3. The van der Waals surface area contributed by atoms with Crippen LogP contribution in [0, 0.1) is 17.8 Å². The van der Waals surface area contributed by atoms with Crippen LogP contribution in [0.3, 0.4) is 0 Å². The Balaban J connectivity index is 1.39. The number of rotatable bonds is 11. The third-order valence-electron chi connectivity index (χ3n) is 8.19. The van der Waals surface area contributed by atoms with Gasteiger partial charge in [-0.1, -0.05) is 18.2 Å². The van der Waals surface area contributed by atoms with Crippen molar-refractivity contribution in [1.29, 1.82) is 0 Å². The summed E-state index contributed by atoms with van der Waals surface area (Å²) >= 11 is 0. The Kier molecular flexibility index (Phi) is 7.26. The number of allylic oxidation sites excluding steroid dienone is 1. The summed E-state index contributed by atoms with van der Waals surface area (Å²) in [6, 6.07) is 12.3. The van der Waals surface area contributed by atoms with Crippen molar-refractivity contribution in [3.05, 3.63) is 70.8 Å². The molecule has 2 aromatic rings. The zero-order valence-electron chi connectivity index (χ0n) is 20.8. The minimum absolute atomic E-state index is 0.0727. The highest BCUT2D eigenvalue weighted by Crippen LogP contribution is 2.62. The standard InChI is InChI=1S/C30H34O6/c1-34-10-11-35-19-36-28-9-7-25(27(31)8-4-20-2-5-24(6-3-20)29(32)33)15-26(28)30-16-21-12-22(17-30)14-23(13-21)18-30/h2-9,15,21-23H,10-14,16-19H2,1H3,(H,32,33)/b8-4+. The number of carboxylic acid groups (broad SMARTS) is 1. The number of hydrogen-bond acceptors (Lipinski definition) is 5. The Hall–Kier alpha value is -2.96. The topological polar surface area (TPSA) is 82.1 Å². The molecule has 4 aliphatic rings. The first-order valence-electron chi connectivity index (χ1n) is 12.9. The van der Waals surface area contributed by atoms with E-state index < -0.39 is 5.97 Å². The molecule has 6 rings (SSSR count). The zero-order valence-corrected chi connectivity index (χ0v) is 20.8. The van der Waals surface area contributed by atoms with Gasteiger partial charge in [-0.3, -0.25) is 4.79 Å². The van der Waals surface area contributed by atoms with Crippen molar-refractivity contribution in [1.82, 2.24) is 0 Å². The van der Waals surface area contributed by atoms with Gasteiger partial charge in [-0.2, -0.15) is 0 Å². The van der Waals surface area contributed by atoms with Crippen LogP contribution in [0.1, 0.15) is 70.4 Å². The predicted molar refractivity (Wildman–Crippen MR) is 136 cm³/mol. The van der Waals surface area contributed by atoms with Crippen LogP contribution in [0.5, 0.6) is 5.75 Å². The molecular formula is C30H34O6. The minimum atomic E-state index is -0.967. The highest BCUT2D eigenvalue weighted by Gasteiger charge is 2.52. The van der Waals surface area contributed by atoms with E-state index in [0.717, 1.165) is 34.6 Å². The fraction of sp³-hybridized carbons (Fsp3) is 0.467. The Bertz CT molecular complexity index is 1100. The van der Waals surface area contributed by atoms with Gasteiger partial charge in [-0.25, -0.2) is 4.79 Å². The van der Waals surface area contributed by atoms with E-state index in [4.69, 9.17) is 19.3 Å². The summed E-state index contributed by atoms with van der Waals surface area (Å²) in [7, 11) is 1.64. The van der Waals surface area contributed by atoms with Gasteiger partial charge in [0.15, 0.2) is 12.6 Å². The van der Waals surface area contributed by atoms with Gasteiger partial charge >= 0.3 is 5.97 Å². The maximum Gasteiger partial charge on any atom is 0.335 e. The Morgan fingerprint density at radius 2 is 1.58 bits per heavy atom. The van der Waals surface area contributed by atoms with E-state index >= 15 is 0 Å². The zero-order chi connectivity index (χ0) is 25.1. The van der Waals surface area contributed by atoms with E-state index in [1.807, 2.05) is 12.1 Å². The highest BCUT2D eigenvalue weighted by atomic mass is 16.7. The van der Waals surface area contributed by atoms with Gasteiger partial charge in [-0.15, -0.1) is 0 Å². The molecule has 0 unspecified atom stereocenters. The van der Waals surface area contributed by atoms with Crippen molar-refractivity contribution in [3.8, 4) is 5.75 Å². The summed E-state index contributed by atoms with van der Waals surface area (Å²) in [5, 5.41) is 9.08. The van der Waals surface area contributed by atoms with Crippen LogP contribution in [0.15, 0.2) is 48.5 Å². The molecule has 1 N–H and O–H groups in total. The largest absolute Gasteiger partial charge is 0.478 e. The summed E-state index contributed by atoms with van der Waals surface area (Å²) in [6.45, 7) is 1.14. The van der Waals surface area contributed by atoms with Gasteiger partial charge in [-0.05, 0) is 104 Å². The third kappa shape index (κ3) is 5.25. The minimum Gasteiger partial charge on any atom is -0.478 e. The van der Waals surface area contributed by atoms with Crippen molar-refractivity contribution in [2.75, 3.05) is 27.1 Å². The molecule has 2 aromatic carbocycles. The molecule has 4 fully saturated rings. The number of carbonyl (C=O) groups is 2. The van der Waals surface area contributed by atoms with Gasteiger partial charge < -0.3 is 19.3 Å². The number of ketones is 1. The van der Waals surface area contributed by atoms with Gasteiger partial charge in [0.25, 0.3) is 0 Å². The number of hydrogen-bond donors (Lipinski definition) is 1. The fourth-order valence-corrected chi connectivity index (χ4v) is 6.98. The second-order valence-corrected chi connectivity index (χ2v) is 10.7. The molecule has 4 aliphatic carbocycles. The normalized spacial score (nSPS) is 26.4. The van der Waals surface area contributed by atoms with E-state index in [1.165, 1.54) is 38.5 Å². The second-order valence-electron chi connectivity index (χ2n) is 10.7. The van der Waals surface area contributed by atoms with Crippen LogP contribution in [0.25, 0.3) is 6.08 Å². The molecule has 0 saturated heterocycles. The average Bonchev–Trinajstić information content (AvgIpc) is 2.86. The van der Waals surface area contributed by atoms with Crippen LogP contribution in [-0.4, -0.2) is 44.0 Å². The summed E-state index contributed by atoms with van der Waals surface area (Å²) in [6.07, 6.45) is 10.8. The van der Waals surface area contributed by atoms with Gasteiger partial charge in [0.2, 0.25) is 0 Å². The van der Waals surface area contributed by atoms with Crippen molar-refractivity contribution in [3.63, 3.8) is 0 Å². The lowest BCUT2D eigenvalue weighted by Gasteiger charge is -2.57. The number of benzene rings is 2. The molecule has 0 atom stereocenters. The van der Waals surface area contributed by atoms with E-state index in [-0.39, 0.29) is 23.6 Å². The number of carbonyl (C=O) groups excluding carboxylic acids is 1. The van der Waals surface area contributed by atoms with Crippen LogP contribution >= 0.6 is 0 Å². The molecule has 0 radical (unpaired) electrons. The first-order chi connectivity index (χ1) is 17.5. The number of aromatic carboxylic acids is 1. The first kappa shape index (κ1) is 24.7. The molecule has 0 aliphatic heterocycles. The highest BCUT2D eigenvalue weighted by molar-refractivity contribution is 6.07.